The van der Waals surface area contributed by atoms with Crippen LogP contribution in [-0.2, 0) is 22.6 Å². The molecule has 1 aromatic heterocycles. The average Bonchev–Trinajstić information content (AvgIpc) is 3.58. The van der Waals surface area contributed by atoms with Crippen LogP contribution in [0.25, 0.3) is 0 Å². The first-order valence-electron chi connectivity index (χ1n) is 12.1. The summed E-state index contributed by atoms with van der Waals surface area (Å²) in [5, 5.41) is 6.86. The van der Waals surface area contributed by atoms with Crippen LogP contribution in [-0.4, -0.2) is 44.1 Å². The lowest BCUT2D eigenvalue weighted by Crippen LogP contribution is -2.44. The molecule has 3 aromatic carbocycles. The summed E-state index contributed by atoms with van der Waals surface area (Å²) in [6.07, 6.45) is 3.59. The topological polar surface area (TPSA) is 89.4 Å². The van der Waals surface area contributed by atoms with E-state index in [4.69, 9.17) is 4.74 Å². The van der Waals surface area contributed by atoms with Crippen molar-refractivity contribution in [2.45, 2.75) is 25.4 Å². The molecule has 1 aliphatic heterocycles. The van der Waals surface area contributed by atoms with Crippen LogP contribution >= 0.6 is 0 Å². The summed E-state index contributed by atoms with van der Waals surface area (Å²) >= 11 is 0. The minimum absolute atomic E-state index is 0.0500. The van der Waals surface area contributed by atoms with E-state index in [0.29, 0.717) is 42.1 Å². The Balaban J connectivity index is 1.27. The maximum absolute atomic E-state index is 14.3. The summed E-state index contributed by atoms with van der Waals surface area (Å²) in [4.78, 5) is 31.9. The number of nitrogens with one attached hydrogen (secondary N) is 1. The van der Waals surface area contributed by atoms with Crippen LogP contribution in [0.1, 0.15) is 12.0 Å². The van der Waals surface area contributed by atoms with Crippen LogP contribution in [0.5, 0.6) is 11.5 Å². The van der Waals surface area contributed by atoms with E-state index in [9.17, 15) is 18.4 Å². The van der Waals surface area contributed by atoms with Crippen molar-refractivity contribution in [2.24, 2.45) is 5.92 Å². The second-order valence-electron chi connectivity index (χ2n) is 9.12. The Kier molecular flexibility index (Phi) is 7.39. The first-order chi connectivity index (χ1) is 18.4. The number of likely N-dealkylation sites (tertiary alicyclic amines) is 1. The predicted octanol–water partition coefficient (Wildman–Crippen LogP) is 4.45. The molecule has 2 atom stereocenters. The molecule has 0 unspecified atom stereocenters. The van der Waals surface area contributed by atoms with Gasteiger partial charge in [0.15, 0.2) is 0 Å². The zero-order valence-corrected chi connectivity index (χ0v) is 20.3. The van der Waals surface area contributed by atoms with E-state index in [1.54, 1.807) is 42.5 Å². The van der Waals surface area contributed by atoms with E-state index in [1.165, 1.54) is 52.6 Å². The maximum atomic E-state index is 14.3. The molecule has 0 bridgehead atoms. The van der Waals surface area contributed by atoms with Crippen LogP contribution in [0.4, 0.5) is 14.5 Å². The number of hydrogen-bond donors (Lipinski definition) is 1. The van der Waals surface area contributed by atoms with E-state index < -0.39 is 6.04 Å². The summed E-state index contributed by atoms with van der Waals surface area (Å²) in [6.45, 7) is 0.274. The quantitative estimate of drug-likeness (QED) is 0.373. The number of carbonyl (C=O) groups excluding carboxylic acids is 2. The molecule has 2 amide bonds. The first-order valence-corrected chi connectivity index (χ1v) is 12.1. The Bertz CT molecular complexity index is 1400. The number of anilines is 1. The summed E-state index contributed by atoms with van der Waals surface area (Å²) in [6, 6.07) is 18.2. The Morgan fingerprint density at radius 3 is 2.37 bits per heavy atom. The van der Waals surface area contributed by atoms with Gasteiger partial charge in [-0.2, -0.15) is 5.10 Å². The third-order valence-electron chi connectivity index (χ3n) is 6.41. The van der Waals surface area contributed by atoms with Crippen LogP contribution < -0.4 is 10.1 Å². The van der Waals surface area contributed by atoms with Gasteiger partial charge in [0.05, 0.1) is 0 Å². The van der Waals surface area contributed by atoms with Gasteiger partial charge in [0.2, 0.25) is 11.8 Å². The van der Waals surface area contributed by atoms with Gasteiger partial charge < -0.3 is 15.0 Å². The number of rotatable bonds is 8. The number of amides is 2. The van der Waals surface area contributed by atoms with Gasteiger partial charge in [-0.3, -0.25) is 9.59 Å². The summed E-state index contributed by atoms with van der Waals surface area (Å²) < 4.78 is 34.5. The number of aromatic nitrogens is 3. The second-order valence-corrected chi connectivity index (χ2v) is 9.12. The van der Waals surface area contributed by atoms with Gasteiger partial charge >= 0.3 is 0 Å². The zero-order valence-electron chi connectivity index (χ0n) is 20.3. The van der Waals surface area contributed by atoms with Gasteiger partial charge in [-0.1, -0.05) is 18.2 Å². The molecule has 1 fully saturated rings. The normalized spacial score (nSPS) is 16.8. The molecule has 10 heteroatoms. The van der Waals surface area contributed by atoms with Gasteiger partial charge in [0.25, 0.3) is 0 Å². The summed E-state index contributed by atoms with van der Waals surface area (Å²) in [7, 11) is 0. The van der Waals surface area contributed by atoms with Gasteiger partial charge in [-0.25, -0.2) is 18.4 Å². The highest BCUT2D eigenvalue weighted by Crippen LogP contribution is 2.29. The maximum Gasteiger partial charge on any atom is 0.247 e. The van der Waals surface area contributed by atoms with E-state index >= 15 is 0 Å². The Morgan fingerprint density at radius 1 is 0.974 bits per heavy atom. The third kappa shape index (κ3) is 6.03. The SMILES string of the molecule is O=C(Nc1ccc(Oc2ccc(F)cc2)cc1)[C@@H]1C[C@@H](Cc2ccccc2F)CN1C(=O)Cn1cncn1. The molecule has 0 aliphatic carbocycles. The van der Waals surface area contributed by atoms with Crippen molar-refractivity contribution in [1.29, 1.82) is 0 Å². The molecular formula is C28H25F2N5O3. The smallest absolute Gasteiger partial charge is 0.247 e. The van der Waals surface area contributed by atoms with Crippen molar-refractivity contribution in [3.63, 3.8) is 0 Å². The van der Waals surface area contributed by atoms with E-state index in [0.717, 1.165) is 0 Å². The minimum atomic E-state index is -0.724. The van der Waals surface area contributed by atoms with E-state index in [1.807, 2.05) is 0 Å². The fourth-order valence-electron chi connectivity index (χ4n) is 4.58. The number of nitrogens with zero attached hydrogens (tertiary/aromatic N) is 4. The highest BCUT2D eigenvalue weighted by molar-refractivity contribution is 5.97. The van der Waals surface area contributed by atoms with Gasteiger partial charge in [0.1, 0.15) is 48.4 Å². The standard InChI is InChI=1S/C28H25F2N5O3/c29-21-5-9-23(10-6-21)38-24-11-7-22(8-12-24)33-28(37)26-14-19(13-20-3-1-2-4-25(20)30)15-35(26)27(36)16-34-18-31-17-32-34/h1-12,17-19,26H,13-16H2,(H,33,37)/t19-,26+/m1/s1. The van der Waals surface area contributed by atoms with Crippen LogP contribution in [0.15, 0.2) is 85.5 Å². The van der Waals surface area contributed by atoms with Crippen molar-refractivity contribution >= 4 is 17.5 Å². The van der Waals surface area contributed by atoms with Crippen molar-refractivity contribution < 1.29 is 23.1 Å². The lowest BCUT2D eigenvalue weighted by atomic mass is 9.96. The molecule has 194 valence electrons. The van der Waals surface area contributed by atoms with Crippen LogP contribution in [0.3, 0.4) is 0 Å². The largest absolute Gasteiger partial charge is 0.457 e. The number of ether oxygens (including phenoxy) is 1. The van der Waals surface area contributed by atoms with E-state index in [-0.39, 0.29) is 35.9 Å². The van der Waals surface area contributed by atoms with Gasteiger partial charge in [-0.05, 0) is 78.9 Å². The van der Waals surface area contributed by atoms with Crippen molar-refractivity contribution in [1.82, 2.24) is 19.7 Å². The fraction of sp³-hybridized carbons (Fsp3) is 0.214. The molecule has 1 N–H and O–H groups in total. The highest BCUT2D eigenvalue weighted by atomic mass is 19.1. The summed E-state index contributed by atoms with van der Waals surface area (Å²) in [5.74, 6) is -0.346. The number of hydrogen-bond acceptors (Lipinski definition) is 5. The molecule has 8 nitrogen and oxygen atoms in total. The lowest BCUT2D eigenvalue weighted by molar-refractivity contribution is -0.137. The third-order valence-corrected chi connectivity index (χ3v) is 6.41. The molecule has 1 saturated heterocycles. The van der Waals surface area contributed by atoms with Gasteiger partial charge in [-0.15, -0.1) is 0 Å². The number of carbonyl (C=O) groups is 2. The van der Waals surface area contributed by atoms with E-state index in [2.05, 4.69) is 15.4 Å². The minimum Gasteiger partial charge on any atom is -0.457 e. The number of benzene rings is 3. The van der Waals surface area contributed by atoms with Crippen LogP contribution in [0, 0.1) is 17.6 Å². The monoisotopic (exact) mass is 517 g/mol. The molecule has 5 rings (SSSR count). The number of halogens is 2. The Morgan fingerprint density at radius 2 is 1.68 bits per heavy atom. The predicted molar refractivity (Wildman–Crippen MR) is 135 cm³/mol. The molecular weight excluding hydrogens is 492 g/mol. The summed E-state index contributed by atoms with van der Waals surface area (Å²) in [5.41, 5.74) is 1.08. The fourth-order valence-corrected chi connectivity index (χ4v) is 4.58. The van der Waals surface area contributed by atoms with Crippen LogP contribution in [0.2, 0.25) is 0 Å². The molecule has 0 spiro atoms. The first kappa shape index (κ1) is 25.1. The average molecular weight is 518 g/mol. The molecule has 4 aromatic rings. The second kappa shape index (κ2) is 11.2. The molecule has 2 heterocycles. The lowest BCUT2D eigenvalue weighted by Gasteiger charge is -2.24. The van der Waals surface area contributed by atoms with Crippen molar-refractivity contribution in [3.05, 3.63) is 103 Å². The molecule has 0 saturated carbocycles. The zero-order chi connectivity index (χ0) is 26.5. The highest BCUT2D eigenvalue weighted by Gasteiger charge is 2.39. The molecule has 0 radical (unpaired) electrons. The van der Waals surface area contributed by atoms with Crippen molar-refractivity contribution in [3.8, 4) is 11.5 Å². The molecule has 38 heavy (non-hydrogen) atoms. The van der Waals surface area contributed by atoms with Gasteiger partial charge in [0, 0.05) is 12.2 Å². The van der Waals surface area contributed by atoms with Crippen molar-refractivity contribution in [2.75, 3.05) is 11.9 Å². The molecule has 1 aliphatic rings. The Labute approximate surface area is 217 Å². The Hall–Kier alpha value is -4.60.